The zero-order chi connectivity index (χ0) is 14.3. The summed E-state index contributed by atoms with van der Waals surface area (Å²) < 4.78 is 7.38. The van der Waals surface area contributed by atoms with E-state index in [4.69, 9.17) is 10.5 Å². The van der Waals surface area contributed by atoms with Crippen LogP contribution in [0.15, 0.2) is 5.16 Å². The molecule has 0 radical (unpaired) electrons. The largest absolute Gasteiger partial charge is 0.390 e. The van der Waals surface area contributed by atoms with E-state index >= 15 is 0 Å². The Morgan fingerprint density at radius 2 is 2.16 bits per heavy atom. The Hall–Kier alpha value is -0.630. The van der Waals surface area contributed by atoms with Gasteiger partial charge in [-0.25, -0.2) is 0 Å². The fraction of sp³-hybridized carbons (Fsp3) is 0.833. The first-order chi connectivity index (χ1) is 9.08. The molecule has 0 bridgehead atoms. The van der Waals surface area contributed by atoms with Crippen LogP contribution in [0, 0.1) is 0 Å². The Balaban J connectivity index is 2.50. The van der Waals surface area contributed by atoms with Gasteiger partial charge in [0, 0.05) is 12.3 Å². The summed E-state index contributed by atoms with van der Waals surface area (Å²) in [5.41, 5.74) is 5.63. The van der Waals surface area contributed by atoms with Crippen molar-refractivity contribution in [2.45, 2.75) is 57.6 Å². The minimum absolute atomic E-state index is 0.132. The molecule has 0 aliphatic heterocycles. The van der Waals surface area contributed by atoms with E-state index in [0.717, 1.165) is 23.9 Å². The lowest BCUT2D eigenvalue weighted by Crippen LogP contribution is -2.21. The molecular formula is C12H24N4O2S. The van der Waals surface area contributed by atoms with Crippen LogP contribution in [0.2, 0.25) is 0 Å². The van der Waals surface area contributed by atoms with Crippen molar-refractivity contribution in [3.05, 3.63) is 5.82 Å². The van der Waals surface area contributed by atoms with Crippen LogP contribution in [-0.4, -0.2) is 44.4 Å². The molecule has 0 saturated carbocycles. The number of aliphatic hydroxyl groups is 1. The highest BCUT2D eigenvalue weighted by Gasteiger charge is 2.13. The van der Waals surface area contributed by atoms with Crippen molar-refractivity contribution in [2.75, 3.05) is 12.4 Å². The van der Waals surface area contributed by atoms with Gasteiger partial charge in [-0.15, -0.1) is 10.2 Å². The number of nitrogens with two attached hydrogens (primary N) is 1. The Bertz CT molecular complexity index is 371. The second-order valence-electron chi connectivity index (χ2n) is 4.60. The average molecular weight is 288 g/mol. The van der Waals surface area contributed by atoms with Gasteiger partial charge in [-0.2, -0.15) is 0 Å². The Kier molecular flexibility index (Phi) is 7.37. The number of hydrogen-bond acceptors (Lipinski definition) is 6. The minimum Gasteiger partial charge on any atom is -0.390 e. The number of rotatable bonds is 9. The predicted octanol–water partition coefficient (Wildman–Crippen LogP) is 1.02. The molecule has 1 rings (SSSR count). The maximum absolute atomic E-state index is 9.82. The van der Waals surface area contributed by atoms with Crippen LogP contribution in [-0.2, 0) is 17.8 Å². The molecule has 6 nitrogen and oxygen atoms in total. The molecule has 1 aromatic rings. The molecule has 0 aliphatic carbocycles. The van der Waals surface area contributed by atoms with E-state index in [2.05, 4.69) is 17.1 Å². The van der Waals surface area contributed by atoms with Gasteiger partial charge in [-0.1, -0.05) is 18.7 Å². The number of thioether (sulfide) groups is 1. The van der Waals surface area contributed by atoms with Crippen LogP contribution in [0.3, 0.4) is 0 Å². The highest BCUT2D eigenvalue weighted by atomic mass is 32.2. The molecule has 0 spiro atoms. The normalized spacial score (nSPS) is 13.2. The quantitative estimate of drug-likeness (QED) is 0.660. The van der Waals surface area contributed by atoms with E-state index in [1.54, 1.807) is 0 Å². The molecule has 1 atom stereocenters. The zero-order valence-corrected chi connectivity index (χ0v) is 12.7. The first-order valence-electron chi connectivity index (χ1n) is 6.63. The van der Waals surface area contributed by atoms with Crippen molar-refractivity contribution >= 4 is 11.8 Å². The Morgan fingerprint density at radius 3 is 2.74 bits per heavy atom. The van der Waals surface area contributed by atoms with Gasteiger partial charge < -0.3 is 20.1 Å². The van der Waals surface area contributed by atoms with Crippen LogP contribution >= 0.6 is 11.8 Å². The lowest BCUT2D eigenvalue weighted by atomic mass is 10.4. The first-order valence-corrected chi connectivity index (χ1v) is 7.61. The van der Waals surface area contributed by atoms with Crippen molar-refractivity contribution in [3.8, 4) is 0 Å². The summed E-state index contributed by atoms with van der Waals surface area (Å²) in [6, 6.07) is 0. The molecule has 0 saturated heterocycles. The number of hydrogen-bond donors (Lipinski definition) is 2. The van der Waals surface area contributed by atoms with Crippen molar-refractivity contribution < 1.29 is 9.84 Å². The number of aliphatic hydroxyl groups excluding tert-OH is 1. The summed E-state index contributed by atoms with van der Waals surface area (Å²) in [6.45, 7) is 7.57. The van der Waals surface area contributed by atoms with Gasteiger partial charge in [-0.3, -0.25) is 0 Å². The number of ether oxygens (including phenoxy) is 1. The van der Waals surface area contributed by atoms with Gasteiger partial charge in [0.05, 0.1) is 25.4 Å². The fourth-order valence-electron chi connectivity index (χ4n) is 1.55. The standard InChI is InChI=1S/C12H24N4O2S/c1-4-5-16-11(6-13)14-15-12(16)19-8-10(17)7-18-9(2)3/h9-10,17H,4-8,13H2,1-3H3. The molecule has 3 N–H and O–H groups in total. The van der Waals surface area contributed by atoms with E-state index < -0.39 is 6.10 Å². The summed E-state index contributed by atoms with van der Waals surface area (Å²) in [6.07, 6.45) is 0.630. The molecule has 7 heteroatoms. The zero-order valence-electron chi connectivity index (χ0n) is 11.9. The summed E-state index contributed by atoms with van der Waals surface area (Å²) >= 11 is 1.49. The highest BCUT2D eigenvalue weighted by Crippen LogP contribution is 2.18. The van der Waals surface area contributed by atoms with Gasteiger partial charge >= 0.3 is 0 Å². The Morgan fingerprint density at radius 1 is 1.42 bits per heavy atom. The van der Waals surface area contributed by atoms with Gasteiger partial charge in [0.25, 0.3) is 0 Å². The van der Waals surface area contributed by atoms with Crippen LogP contribution in [0.25, 0.3) is 0 Å². The molecule has 0 aromatic carbocycles. The lowest BCUT2D eigenvalue weighted by molar-refractivity contribution is 0.0152. The van der Waals surface area contributed by atoms with E-state index in [0.29, 0.717) is 18.9 Å². The highest BCUT2D eigenvalue weighted by molar-refractivity contribution is 7.99. The maximum atomic E-state index is 9.82. The second-order valence-corrected chi connectivity index (χ2v) is 5.59. The summed E-state index contributed by atoms with van der Waals surface area (Å²) in [4.78, 5) is 0. The number of aromatic nitrogens is 3. The lowest BCUT2D eigenvalue weighted by Gasteiger charge is -2.13. The average Bonchev–Trinajstić information content (AvgIpc) is 2.76. The van der Waals surface area contributed by atoms with E-state index in [9.17, 15) is 5.11 Å². The van der Waals surface area contributed by atoms with Crippen molar-refractivity contribution in [1.82, 2.24) is 14.8 Å². The predicted molar refractivity (Wildman–Crippen MR) is 76.0 cm³/mol. The first kappa shape index (κ1) is 16.4. The summed E-state index contributed by atoms with van der Waals surface area (Å²) in [5.74, 6) is 1.33. The summed E-state index contributed by atoms with van der Waals surface area (Å²) in [5, 5.41) is 18.8. The third kappa shape index (κ3) is 5.48. The van der Waals surface area contributed by atoms with Crippen LogP contribution in [0.1, 0.15) is 33.0 Å². The van der Waals surface area contributed by atoms with Crippen molar-refractivity contribution in [3.63, 3.8) is 0 Å². The Labute approximate surface area is 118 Å². The molecule has 0 amide bonds. The van der Waals surface area contributed by atoms with Crippen LogP contribution in [0.4, 0.5) is 0 Å². The van der Waals surface area contributed by atoms with Crippen LogP contribution < -0.4 is 5.73 Å². The molecule has 0 fully saturated rings. The third-order valence-corrected chi connectivity index (χ3v) is 3.56. The molecule has 110 valence electrons. The van der Waals surface area contributed by atoms with E-state index in [1.807, 2.05) is 18.4 Å². The van der Waals surface area contributed by atoms with Gasteiger partial charge in [0.2, 0.25) is 0 Å². The molecule has 19 heavy (non-hydrogen) atoms. The maximum Gasteiger partial charge on any atom is 0.191 e. The number of nitrogens with zero attached hydrogens (tertiary/aromatic N) is 3. The molecular weight excluding hydrogens is 264 g/mol. The monoisotopic (exact) mass is 288 g/mol. The molecule has 0 aliphatic rings. The molecule has 1 aromatic heterocycles. The van der Waals surface area contributed by atoms with Crippen molar-refractivity contribution in [1.29, 1.82) is 0 Å². The molecule has 1 heterocycles. The SMILES string of the molecule is CCCn1c(CN)nnc1SCC(O)COC(C)C. The fourth-order valence-corrected chi connectivity index (χ4v) is 2.44. The van der Waals surface area contributed by atoms with Gasteiger partial charge in [0.15, 0.2) is 5.16 Å². The van der Waals surface area contributed by atoms with Crippen molar-refractivity contribution in [2.24, 2.45) is 5.73 Å². The smallest absolute Gasteiger partial charge is 0.191 e. The summed E-state index contributed by atoms with van der Waals surface area (Å²) in [7, 11) is 0. The van der Waals surface area contributed by atoms with E-state index in [1.165, 1.54) is 11.8 Å². The van der Waals surface area contributed by atoms with Crippen LogP contribution in [0.5, 0.6) is 0 Å². The van der Waals surface area contributed by atoms with Gasteiger partial charge in [0.1, 0.15) is 5.82 Å². The van der Waals surface area contributed by atoms with Gasteiger partial charge in [-0.05, 0) is 20.3 Å². The van der Waals surface area contributed by atoms with E-state index in [-0.39, 0.29) is 6.10 Å². The second kappa shape index (κ2) is 8.52. The molecule has 1 unspecified atom stereocenters. The third-order valence-electron chi connectivity index (χ3n) is 2.45. The topological polar surface area (TPSA) is 86.2 Å². The minimum atomic E-state index is -0.500.